The second-order valence-corrected chi connectivity index (χ2v) is 12.9. The molecule has 0 bridgehead atoms. The van der Waals surface area contributed by atoms with Crippen molar-refractivity contribution in [3.05, 3.63) is 181 Å². The number of imidazole rings is 1. The van der Waals surface area contributed by atoms with Crippen LogP contribution in [-0.2, 0) is 0 Å². The number of benzene rings is 6. The maximum atomic E-state index is 5.32. The Bertz CT molecular complexity index is 2730. The highest BCUT2D eigenvalue weighted by atomic mass is 15.0. The summed E-state index contributed by atoms with van der Waals surface area (Å²) in [7, 11) is 0. The number of fused-ring (bicyclic) bond motifs is 7. The molecule has 1 unspecified atom stereocenters. The smallest absolute Gasteiger partial charge is 0.137 e. The molecular weight excluding hydrogens is 595 g/mol. The Balaban J connectivity index is 1.14. The van der Waals surface area contributed by atoms with Crippen LogP contribution in [0.5, 0.6) is 0 Å². The second kappa shape index (κ2) is 11.1. The van der Waals surface area contributed by atoms with E-state index in [1.165, 1.54) is 54.9 Å². The molecule has 10 rings (SSSR count). The quantitative estimate of drug-likeness (QED) is 0.182. The molecule has 6 aromatic carbocycles. The average molecular weight is 626 g/mol. The molecule has 0 N–H and O–H groups in total. The number of aromatic nitrogens is 3. The molecule has 0 aliphatic heterocycles. The minimum atomic E-state index is 0.173. The Morgan fingerprint density at radius 3 is 1.90 bits per heavy atom. The molecule has 0 saturated heterocycles. The van der Waals surface area contributed by atoms with E-state index >= 15 is 0 Å². The molecule has 3 nitrogen and oxygen atoms in total. The molecule has 0 fully saturated rings. The number of pyridine rings is 2. The van der Waals surface area contributed by atoms with Crippen molar-refractivity contribution in [3.8, 4) is 22.3 Å². The van der Waals surface area contributed by atoms with Crippen LogP contribution < -0.4 is 0 Å². The van der Waals surface area contributed by atoms with E-state index in [9.17, 15) is 0 Å². The van der Waals surface area contributed by atoms with E-state index < -0.39 is 0 Å². The number of allylic oxidation sites excluding steroid dienone is 4. The zero-order chi connectivity index (χ0) is 32.3. The monoisotopic (exact) mass is 625 g/mol. The van der Waals surface area contributed by atoms with Crippen molar-refractivity contribution >= 4 is 54.7 Å². The minimum Gasteiger partial charge on any atom is -0.298 e. The van der Waals surface area contributed by atoms with E-state index in [1.54, 1.807) is 0 Å². The first-order valence-electron chi connectivity index (χ1n) is 16.9. The van der Waals surface area contributed by atoms with Crippen molar-refractivity contribution in [2.45, 2.75) is 12.3 Å². The first-order chi connectivity index (χ1) is 24.3. The van der Waals surface area contributed by atoms with Gasteiger partial charge in [-0.25, -0.2) is 9.97 Å². The van der Waals surface area contributed by atoms with E-state index in [2.05, 4.69) is 168 Å². The van der Waals surface area contributed by atoms with E-state index in [1.807, 2.05) is 6.07 Å². The summed E-state index contributed by atoms with van der Waals surface area (Å²) in [5.74, 6) is 0.173. The first kappa shape index (κ1) is 27.8. The van der Waals surface area contributed by atoms with Gasteiger partial charge in [0.05, 0.1) is 16.7 Å². The Kier molecular flexibility index (Phi) is 6.31. The van der Waals surface area contributed by atoms with E-state index in [0.29, 0.717) is 0 Å². The topological polar surface area (TPSA) is 30.2 Å². The van der Waals surface area contributed by atoms with Crippen molar-refractivity contribution in [1.29, 1.82) is 0 Å². The number of para-hydroxylation sites is 1. The predicted molar refractivity (Wildman–Crippen MR) is 205 cm³/mol. The van der Waals surface area contributed by atoms with Crippen LogP contribution in [0.1, 0.15) is 23.6 Å². The van der Waals surface area contributed by atoms with Gasteiger partial charge in [-0.05, 0) is 79.6 Å². The molecule has 49 heavy (non-hydrogen) atoms. The molecule has 9 aromatic rings. The van der Waals surface area contributed by atoms with Gasteiger partial charge < -0.3 is 0 Å². The van der Waals surface area contributed by atoms with Crippen LogP contribution in [-0.4, -0.2) is 14.4 Å². The van der Waals surface area contributed by atoms with Crippen molar-refractivity contribution in [2.75, 3.05) is 0 Å². The van der Waals surface area contributed by atoms with Crippen LogP contribution in [0.3, 0.4) is 0 Å². The zero-order valence-electron chi connectivity index (χ0n) is 26.8. The Hall–Kier alpha value is -6.32. The summed E-state index contributed by atoms with van der Waals surface area (Å²) in [6.45, 7) is 0. The molecule has 0 saturated carbocycles. The van der Waals surface area contributed by atoms with Gasteiger partial charge in [0.1, 0.15) is 11.2 Å². The molecule has 230 valence electrons. The number of hydrogen-bond acceptors (Lipinski definition) is 2. The minimum absolute atomic E-state index is 0.173. The number of hydrogen-bond donors (Lipinski definition) is 0. The highest BCUT2D eigenvalue weighted by molar-refractivity contribution is 6.16. The van der Waals surface area contributed by atoms with Crippen molar-refractivity contribution in [2.24, 2.45) is 0 Å². The molecule has 3 aromatic heterocycles. The summed E-state index contributed by atoms with van der Waals surface area (Å²) in [4.78, 5) is 10.4. The van der Waals surface area contributed by atoms with Crippen LogP contribution in [0.2, 0.25) is 0 Å². The normalized spacial score (nSPS) is 14.7. The van der Waals surface area contributed by atoms with Crippen LogP contribution in [0.15, 0.2) is 170 Å². The summed E-state index contributed by atoms with van der Waals surface area (Å²) in [5.41, 5.74) is 12.5. The molecule has 3 heterocycles. The summed E-state index contributed by atoms with van der Waals surface area (Å²) in [6, 6.07) is 52.1. The third kappa shape index (κ3) is 4.43. The fourth-order valence-corrected chi connectivity index (χ4v) is 7.96. The van der Waals surface area contributed by atoms with Crippen molar-refractivity contribution in [3.63, 3.8) is 0 Å². The SMILES string of the molecule is C1=CC(c2c3ccccc3c(-c3ccc(-c4ccccc4)cc3)c3ccccc23)CC(c2nc3ccccc3c3nc4ccccn4c23)=C1. The van der Waals surface area contributed by atoms with Gasteiger partial charge in [0, 0.05) is 17.5 Å². The first-order valence-corrected chi connectivity index (χ1v) is 16.9. The van der Waals surface area contributed by atoms with E-state index in [4.69, 9.17) is 9.97 Å². The standard InChI is InChI=1S/C46H31N3/c1-2-13-30(14-3-1)31-24-26-32(27-25-31)42-35-17-4-6-19-37(35)43(38-20-7-5-18-36(38)42)33-15-12-16-34(29-33)44-46-45(39-21-8-9-22-40(39)47-44)48-41-23-10-11-28-49(41)46/h1-28,33H,29H2. The van der Waals surface area contributed by atoms with Crippen LogP contribution in [0.4, 0.5) is 0 Å². The van der Waals surface area contributed by atoms with E-state index in [-0.39, 0.29) is 5.92 Å². The van der Waals surface area contributed by atoms with Gasteiger partial charge in [0.15, 0.2) is 0 Å². The molecule has 1 aliphatic carbocycles. The highest BCUT2D eigenvalue weighted by Crippen LogP contribution is 2.46. The molecule has 0 radical (unpaired) electrons. The lowest BCUT2D eigenvalue weighted by molar-refractivity contribution is 0.881. The lowest BCUT2D eigenvalue weighted by Gasteiger charge is -2.25. The lowest BCUT2D eigenvalue weighted by atomic mass is 9.79. The van der Waals surface area contributed by atoms with Gasteiger partial charge in [0.25, 0.3) is 0 Å². The van der Waals surface area contributed by atoms with Gasteiger partial charge in [-0.3, -0.25) is 4.40 Å². The predicted octanol–water partition coefficient (Wildman–Crippen LogP) is 11.8. The fraction of sp³-hybridized carbons (Fsp3) is 0.0435. The second-order valence-electron chi connectivity index (χ2n) is 12.9. The van der Waals surface area contributed by atoms with Crippen molar-refractivity contribution < 1.29 is 0 Å². The Labute approximate surface area is 284 Å². The summed E-state index contributed by atoms with van der Waals surface area (Å²) < 4.78 is 2.20. The number of nitrogens with zero attached hydrogens (tertiary/aromatic N) is 3. The van der Waals surface area contributed by atoms with Gasteiger partial charge in [-0.2, -0.15) is 0 Å². The lowest BCUT2D eigenvalue weighted by Crippen LogP contribution is -2.05. The maximum Gasteiger partial charge on any atom is 0.137 e. The van der Waals surface area contributed by atoms with Crippen LogP contribution >= 0.6 is 0 Å². The number of rotatable bonds is 4. The average Bonchev–Trinajstić information content (AvgIpc) is 3.57. The largest absolute Gasteiger partial charge is 0.298 e. The van der Waals surface area contributed by atoms with Crippen molar-refractivity contribution in [1.82, 2.24) is 14.4 Å². The van der Waals surface area contributed by atoms with Crippen LogP contribution in [0.25, 0.3) is 77.0 Å². The Morgan fingerprint density at radius 1 is 0.531 bits per heavy atom. The van der Waals surface area contributed by atoms with Gasteiger partial charge in [0.2, 0.25) is 0 Å². The fourth-order valence-electron chi connectivity index (χ4n) is 7.96. The van der Waals surface area contributed by atoms with Gasteiger partial charge >= 0.3 is 0 Å². The van der Waals surface area contributed by atoms with E-state index in [0.717, 1.165) is 39.7 Å². The third-order valence-corrected chi connectivity index (χ3v) is 10.2. The Morgan fingerprint density at radius 2 is 1.14 bits per heavy atom. The summed E-state index contributed by atoms with van der Waals surface area (Å²) in [5, 5.41) is 6.23. The molecular formula is C46H31N3. The molecule has 0 spiro atoms. The molecule has 1 aliphatic rings. The van der Waals surface area contributed by atoms with Gasteiger partial charge in [-0.1, -0.05) is 146 Å². The third-order valence-electron chi connectivity index (χ3n) is 10.2. The van der Waals surface area contributed by atoms with Gasteiger partial charge in [-0.15, -0.1) is 0 Å². The molecule has 0 amide bonds. The molecule has 3 heteroatoms. The maximum absolute atomic E-state index is 5.32. The summed E-state index contributed by atoms with van der Waals surface area (Å²) >= 11 is 0. The molecule has 1 atom stereocenters. The van der Waals surface area contributed by atoms with Crippen LogP contribution in [0, 0.1) is 0 Å². The summed E-state index contributed by atoms with van der Waals surface area (Å²) in [6.07, 6.45) is 9.81. The highest BCUT2D eigenvalue weighted by Gasteiger charge is 2.25. The zero-order valence-corrected chi connectivity index (χ0v) is 26.8.